The van der Waals surface area contributed by atoms with Crippen LogP contribution < -0.4 is 5.32 Å². The summed E-state index contributed by atoms with van der Waals surface area (Å²) in [6, 6.07) is 8.18. The number of anilines is 1. The Kier molecular flexibility index (Phi) is 7.29. The second-order valence-electron chi connectivity index (χ2n) is 4.41. The van der Waals surface area contributed by atoms with Crippen molar-refractivity contribution in [3.8, 4) is 0 Å². The van der Waals surface area contributed by atoms with Crippen molar-refractivity contribution in [3.63, 3.8) is 0 Å². The van der Waals surface area contributed by atoms with E-state index in [0.29, 0.717) is 5.92 Å². The van der Waals surface area contributed by atoms with Crippen molar-refractivity contribution in [2.24, 2.45) is 5.92 Å². The zero-order valence-corrected chi connectivity index (χ0v) is 12.3. The average Bonchev–Trinajstić information content (AvgIpc) is 2.29. The molecule has 0 aromatic heterocycles. The summed E-state index contributed by atoms with van der Waals surface area (Å²) in [4.78, 5) is 0. The molecule has 2 nitrogen and oxygen atoms in total. The van der Waals surface area contributed by atoms with Crippen LogP contribution in [0.3, 0.4) is 0 Å². The first-order chi connectivity index (χ1) is 8.22. The Morgan fingerprint density at radius 2 is 2.24 bits per heavy atom. The number of rotatable bonds is 8. The molecule has 0 radical (unpaired) electrons. The predicted octanol–water partition coefficient (Wildman–Crippen LogP) is 4.31. The first-order valence-corrected chi connectivity index (χ1v) is 7.09. The normalized spacial score (nSPS) is 12.4. The molecule has 0 aliphatic heterocycles. The van der Waals surface area contributed by atoms with Crippen LogP contribution in [0.4, 0.5) is 5.69 Å². The van der Waals surface area contributed by atoms with E-state index in [9.17, 15) is 0 Å². The summed E-state index contributed by atoms with van der Waals surface area (Å²) in [6.07, 6.45) is 2.49. The van der Waals surface area contributed by atoms with E-state index < -0.39 is 0 Å². The van der Waals surface area contributed by atoms with Gasteiger partial charge in [0.15, 0.2) is 0 Å². The Morgan fingerprint density at radius 1 is 1.41 bits per heavy atom. The van der Waals surface area contributed by atoms with Crippen LogP contribution in [-0.2, 0) is 4.74 Å². The molecule has 17 heavy (non-hydrogen) atoms. The molecule has 3 heteroatoms. The minimum atomic E-state index is 0.672. The van der Waals surface area contributed by atoms with Crippen LogP contribution >= 0.6 is 15.9 Å². The van der Waals surface area contributed by atoms with Crippen molar-refractivity contribution in [2.75, 3.05) is 25.1 Å². The molecule has 0 amide bonds. The molecule has 1 rings (SSSR count). The van der Waals surface area contributed by atoms with Gasteiger partial charge >= 0.3 is 0 Å². The van der Waals surface area contributed by atoms with Crippen molar-refractivity contribution >= 4 is 21.6 Å². The number of hydrogen-bond acceptors (Lipinski definition) is 2. The third kappa shape index (κ3) is 6.69. The summed E-state index contributed by atoms with van der Waals surface area (Å²) in [5.74, 6) is 0.672. The highest BCUT2D eigenvalue weighted by atomic mass is 79.9. The molecule has 0 fully saturated rings. The quantitative estimate of drug-likeness (QED) is 0.722. The van der Waals surface area contributed by atoms with Gasteiger partial charge in [0.1, 0.15) is 0 Å². The van der Waals surface area contributed by atoms with E-state index in [4.69, 9.17) is 4.74 Å². The lowest BCUT2D eigenvalue weighted by Crippen LogP contribution is -2.13. The summed E-state index contributed by atoms with van der Waals surface area (Å²) in [7, 11) is 0. The standard InChI is InChI=1S/C14H22BrNO/c1-3-5-12(2)11-17-9-8-16-14-7-4-6-13(15)10-14/h4,6-7,10,12,16H,3,5,8-9,11H2,1-2H3. The van der Waals surface area contributed by atoms with Gasteiger partial charge in [0.2, 0.25) is 0 Å². The third-order valence-corrected chi connectivity index (χ3v) is 3.08. The van der Waals surface area contributed by atoms with Gasteiger partial charge in [-0.2, -0.15) is 0 Å². The van der Waals surface area contributed by atoms with E-state index in [2.05, 4.69) is 47.2 Å². The van der Waals surface area contributed by atoms with Gasteiger partial charge in [-0.25, -0.2) is 0 Å². The second-order valence-corrected chi connectivity index (χ2v) is 5.32. The van der Waals surface area contributed by atoms with Crippen LogP contribution in [0.15, 0.2) is 28.7 Å². The van der Waals surface area contributed by atoms with E-state index in [-0.39, 0.29) is 0 Å². The van der Waals surface area contributed by atoms with E-state index in [1.165, 1.54) is 12.8 Å². The minimum Gasteiger partial charge on any atom is -0.383 e. The smallest absolute Gasteiger partial charge is 0.0639 e. The molecule has 1 aromatic rings. The number of ether oxygens (including phenoxy) is 1. The summed E-state index contributed by atoms with van der Waals surface area (Å²) in [5, 5.41) is 3.34. The summed E-state index contributed by atoms with van der Waals surface area (Å²) >= 11 is 3.45. The van der Waals surface area contributed by atoms with Crippen molar-refractivity contribution < 1.29 is 4.74 Å². The van der Waals surface area contributed by atoms with Gasteiger partial charge in [-0.05, 0) is 30.5 Å². The maximum Gasteiger partial charge on any atom is 0.0639 e. The number of hydrogen-bond donors (Lipinski definition) is 1. The highest BCUT2D eigenvalue weighted by Gasteiger charge is 2.00. The van der Waals surface area contributed by atoms with Crippen LogP contribution in [0.2, 0.25) is 0 Å². The highest BCUT2D eigenvalue weighted by molar-refractivity contribution is 9.10. The average molecular weight is 300 g/mol. The molecule has 0 bridgehead atoms. The van der Waals surface area contributed by atoms with Gasteiger partial charge in [0, 0.05) is 23.3 Å². The van der Waals surface area contributed by atoms with Crippen molar-refractivity contribution in [2.45, 2.75) is 26.7 Å². The Hall–Kier alpha value is -0.540. The highest BCUT2D eigenvalue weighted by Crippen LogP contribution is 2.15. The maximum absolute atomic E-state index is 5.63. The van der Waals surface area contributed by atoms with Gasteiger partial charge < -0.3 is 10.1 Å². The van der Waals surface area contributed by atoms with Crippen LogP contribution in [0.5, 0.6) is 0 Å². The Bertz CT molecular complexity index is 317. The third-order valence-electron chi connectivity index (χ3n) is 2.58. The summed E-state index contributed by atoms with van der Waals surface area (Å²) < 4.78 is 6.72. The predicted molar refractivity (Wildman–Crippen MR) is 77.5 cm³/mol. The zero-order valence-electron chi connectivity index (χ0n) is 10.7. The molecule has 0 spiro atoms. The van der Waals surface area contributed by atoms with Crippen LogP contribution in [0, 0.1) is 5.92 Å². The topological polar surface area (TPSA) is 21.3 Å². The van der Waals surface area contributed by atoms with E-state index in [0.717, 1.165) is 29.9 Å². The van der Waals surface area contributed by atoms with E-state index >= 15 is 0 Å². The molecular formula is C14H22BrNO. The molecule has 0 aliphatic rings. The SMILES string of the molecule is CCCC(C)COCCNc1cccc(Br)c1. The number of benzene rings is 1. The Balaban J connectivity index is 2.08. The monoisotopic (exact) mass is 299 g/mol. The number of halogens is 1. The molecule has 0 saturated heterocycles. The fourth-order valence-corrected chi connectivity index (χ4v) is 2.13. The summed E-state index contributed by atoms with van der Waals surface area (Å²) in [6.45, 7) is 6.94. The van der Waals surface area contributed by atoms with E-state index in [1.54, 1.807) is 0 Å². The molecule has 1 N–H and O–H groups in total. The van der Waals surface area contributed by atoms with E-state index in [1.807, 2.05) is 12.1 Å². The Labute approximate surface area is 113 Å². The lowest BCUT2D eigenvalue weighted by atomic mass is 10.1. The molecule has 0 aliphatic carbocycles. The molecule has 0 saturated carbocycles. The van der Waals surface area contributed by atoms with Gasteiger partial charge in [-0.1, -0.05) is 42.3 Å². The first-order valence-electron chi connectivity index (χ1n) is 6.29. The number of nitrogens with one attached hydrogen (secondary N) is 1. The first kappa shape index (κ1) is 14.5. The fraction of sp³-hybridized carbons (Fsp3) is 0.571. The second kappa shape index (κ2) is 8.54. The Morgan fingerprint density at radius 3 is 2.94 bits per heavy atom. The van der Waals surface area contributed by atoms with Crippen LogP contribution in [0.1, 0.15) is 26.7 Å². The van der Waals surface area contributed by atoms with Crippen LogP contribution in [-0.4, -0.2) is 19.8 Å². The fourth-order valence-electron chi connectivity index (χ4n) is 1.73. The zero-order chi connectivity index (χ0) is 12.5. The summed E-state index contributed by atoms with van der Waals surface area (Å²) in [5.41, 5.74) is 1.13. The molecule has 0 heterocycles. The van der Waals surface area contributed by atoms with Gasteiger partial charge in [0.05, 0.1) is 6.61 Å². The van der Waals surface area contributed by atoms with Crippen molar-refractivity contribution in [3.05, 3.63) is 28.7 Å². The molecule has 96 valence electrons. The molecule has 1 aromatic carbocycles. The molecule has 1 atom stereocenters. The molecule has 1 unspecified atom stereocenters. The van der Waals surface area contributed by atoms with Gasteiger partial charge in [-0.3, -0.25) is 0 Å². The van der Waals surface area contributed by atoms with Crippen LogP contribution in [0.25, 0.3) is 0 Å². The minimum absolute atomic E-state index is 0.672. The van der Waals surface area contributed by atoms with Crippen molar-refractivity contribution in [1.29, 1.82) is 0 Å². The largest absolute Gasteiger partial charge is 0.383 e. The maximum atomic E-state index is 5.63. The molecular weight excluding hydrogens is 278 g/mol. The lowest BCUT2D eigenvalue weighted by Gasteiger charge is -2.11. The van der Waals surface area contributed by atoms with Gasteiger partial charge in [0.25, 0.3) is 0 Å². The van der Waals surface area contributed by atoms with Crippen molar-refractivity contribution in [1.82, 2.24) is 0 Å². The van der Waals surface area contributed by atoms with Gasteiger partial charge in [-0.15, -0.1) is 0 Å². The lowest BCUT2D eigenvalue weighted by molar-refractivity contribution is 0.110.